The SMILES string of the molecule is Cc1cccc(NC(=O)C(C)n2nc(C(F)(F)F)c(Br)c2C)c1C. The molecule has 0 spiro atoms. The third kappa shape index (κ3) is 3.48. The van der Waals surface area contributed by atoms with Crippen LogP contribution >= 0.6 is 15.9 Å². The first-order valence-electron chi connectivity index (χ1n) is 7.23. The molecule has 8 heteroatoms. The molecule has 1 aromatic carbocycles. The predicted molar refractivity (Wildman–Crippen MR) is 88.9 cm³/mol. The summed E-state index contributed by atoms with van der Waals surface area (Å²) in [6.07, 6.45) is -4.59. The van der Waals surface area contributed by atoms with E-state index in [9.17, 15) is 18.0 Å². The van der Waals surface area contributed by atoms with Gasteiger partial charge in [0.25, 0.3) is 0 Å². The van der Waals surface area contributed by atoms with Crippen LogP contribution in [0, 0.1) is 20.8 Å². The molecule has 24 heavy (non-hydrogen) atoms. The molecule has 2 aromatic rings. The van der Waals surface area contributed by atoms with Gasteiger partial charge in [-0.05, 0) is 60.8 Å². The summed E-state index contributed by atoms with van der Waals surface area (Å²) >= 11 is 2.91. The average Bonchev–Trinajstić information content (AvgIpc) is 2.79. The molecule has 1 amide bonds. The average molecular weight is 404 g/mol. The summed E-state index contributed by atoms with van der Waals surface area (Å²) in [4.78, 5) is 12.4. The van der Waals surface area contributed by atoms with Gasteiger partial charge in [0.1, 0.15) is 6.04 Å². The molecule has 1 unspecified atom stereocenters. The molecule has 1 heterocycles. The highest BCUT2D eigenvalue weighted by Gasteiger charge is 2.39. The van der Waals surface area contributed by atoms with Crippen molar-refractivity contribution in [3.63, 3.8) is 0 Å². The first-order valence-corrected chi connectivity index (χ1v) is 8.02. The number of halogens is 4. The number of amides is 1. The van der Waals surface area contributed by atoms with Crippen LogP contribution in [0.4, 0.5) is 18.9 Å². The van der Waals surface area contributed by atoms with E-state index >= 15 is 0 Å². The lowest BCUT2D eigenvalue weighted by atomic mass is 10.1. The second-order valence-corrected chi connectivity index (χ2v) is 6.40. The van der Waals surface area contributed by atoms with Gasteiger partial charge in [-0.25, -0.2) is 0 Å². The van der Waals surface area contributed by atoms with Crippen LogP contribution in [0.25, 0.3) is 0 Å². The first kappa shape index (κ1) is 18.5. The second-order valence-electron chi connectivity index (χ2n) is 5.60. The van der Waals surface area contributed by atoms with Crippen molar-refractivity contribution in [2.45, 2.75) is 39.9 Å². The first-order chi connectivity index (χ1) is 11.0. The number of aromatic nitrogens is 2. The van der Waals surface area contributed by atoms with Gasteiger partial charge in [0.15, 0.2) is 5.69 Å². The van der Waals surface area contributed by atoms with Crippen molar-refractivity contribution in [1.82, 2.24) is 9.78 Å². The Hall–Kier alpha value is -1.83. The van der Waals surface area contributed by atoms with Gasteiger partial charge in [-0.2, -0.15) is 18.3 Å². The van der Waals surface area contributed by atoms with Crippen LogP contribution < -0.4 is 5.32 Å². The highest BCUT2D eigenvalue weighted by molar-refractivity contribution is 9.10. The van der Waals surface area contributed by atoms with E-state index in [4.69, 9.17) is 0 Å². The van der Waals surface area contributed by atoms with Crippen molar-refractivity contribution in [2.24, 2.45) is 0 Å². The Morgan fingerprint density at radius 3 is 2.46 bits per heavy atom. The summed E-state index contributed by atoms with van der Waals surface area (Å²) in [5.41, 5.74) is 1.76. The Balaban J connectivity index is 2.30. The monoisotopic (exact) mass is 403 g/mol. The number of carbonyl (C=O) groups is 1. The van der Waals surface area contributed by atoms with E-state index in [-0.39, 0.29) is 10.2 Å². The summed E-state index contributed by atoms with van der Waals surface area (Å²) in [7, 11) is 0. The quantitative estimate of drug-likeness (QED) is 0.800. The molecule has 0 saturated heterocycles. The van der Waals surface area contributed by atoms with Crippen LogP contribution in [0.2, 0.25) is 0 Å². The van der Waals surface area contributed by atoms with Gasteiger partial charge in [-0.3, -0.25) is 9.48 Å². The molecule has 1 N–H and O–H groups in total. The van der Waals surface area contributed by atoms with E-state index in [1.54, 1.807) is 12.1 Å². The van der Waals surface area contributed by atoms with Crippen molar-refractivity contribution in [2.75, 3.05) is 5.32 Å². The third-order valence-corrected chi connectivity index (χ3v) is 4.90. The standard InChI is InChI=1S/C16H17BrF3N3O/c1-8-6-5-7-12(9(8)2)21-15(24)11(4)23-10(3)13(17)14(22-23)16(18,19)20/h5-7,11H,1-4H3,(H,21,24). The van der Waals surface area contributed by atoms with E-state index in [0.29, 0.717) is 5.69 Å². The minimum absolute atomic E-state index is 0.151. The summed E-state index contributed by atoms with van der Waals surface area (Å²) in [6.45, 7) is 6.77. The molecule has 0 aliphatic heterocycles. The fourth-order valence-electron chi connectivity index (χ4n) is 2.29. The summed E-state index contributed by atoms with van der Waals surface area (Å²) in [5, 5.41) is 6.31. The number of alkyl halides is 3. The largest absolute Gasteiger partial charge is 0.436 e. The molecule has 0 fully saturated rings. The third-order valence-electron chi connectivity index (χ3n) is 3.95. The van der Waals surface area contributed by atoms with Crippen LogP contribution in [0.15, 0.2) is 22.7 Å². The Morgan fingerprint density at radius 1 is 1.29 bits per heavy atom. The maximum atomic E-state index is 12.9. The van der Waals surface area contributed by atoms with Gasteiger partial charge in [-0.15, -0.1) is 0 Å². The van der Waals surface area contributed by atoms with E-state index in [1.165, 1.54) is 13.8 Å². The highest BCUT2D eigenvalue weighted by atomic mass is 79.9. The van der Waals surface area contributed by atoms with E-state index in [2.05, 4.69) is 26.3 Å². The molecular weight excluding hydrogens is 387 g/mol. The van der Waals surface area contributed by atoms with Crippen LogP contribution in [0.3, 0.4) is 0 Å². The number of anilines is 1. The van der Waals surface area contributed by atoms with Crippen molar-refractivity contribution >= 4 is 27.5 Å². The van der Waals surface area contributed by atoms with Crippen LogP contribution in [-0.4, -0.2) is 15.7 Å². The molecule has 1 atom stereocenters. The summed E-state index contributed by atoms with van der Waals surface area (Å²) in [5.74, 6) is -0.435. The molecule has 2 rings (SSSR count). The Kier molecular flexibility index (Phi) is 5.08. The van der Waals surface area contributed by atoms with Crippen LogP contribution in [-0.2, 0) is 11.0 Å². The van der Waals surface area contributed by atoms with Gasteiger partial charge >= 0.3 is 6.18 Å². The fraction of sp³-hybridized carbons (Fsp3) is 0.375. The molecule has 0 radical (unpaired) electrons. The zero-order valence-electron chi connectivity index (χ0n) is 13.6. The van der Waals surface area contributed by atoms with Crippen molar-refractivity contribution in [1.29, 1.82) is 0 Å². The lowest BCUT2D eigenvalue weighted by molar-refractivity contribution is -0.142. The lowest BCUT2D eigenvalue weighted by Crippen LogP contribution is -2.26. The summed E-state index contributed by atoms with van der Waals surface area (Å²) in [6, 6.07) is 4.58. The van der Waals surface area contributed by atoms with Gasteiger partial charge in [-0.1, -0.05) is 12.1 Å². The zero-order valence-corrected chi connectivity index (χ0v) is 15.2. The Morgan fingerprint density at radius 2 is 1.92 bits per heavy atom. The second kappa shape index (κ2) is 6.58. The number of rotatable bonds is 3. The minimum atomic E-state index is -4.59. The molecule has 0 saturated carbocycles. The zero-order chi connectivity index (χ0) is 18.2. The van der Waals surface area contributed by atoms with E-state index in [0.717, 1.165) is 15.8 Å². The van der Waals surface area contributed by atoms with Gasteiger partial charge in [0, 0.05) is 5.69 Å². The highest BCUT2D eigenvalue weighted by Crippen LogP contribution is 2.36. The normalized spacial score (nSPS) is 13.0. The molecule has 130 valence electrons. The van der Waals surface area contributed by atoms with Crippen molar-refractivity contribution in [3.8, 4) is 0 Å². The van der Waals surface area contributed by atoms with E-state index < -0.39 is 23.8 Å². The molecule has 0 bridgehead atoms. The summed E-state index contributed by atoms with van der Waals surface area (Å²) < 4.78 is 39.8. The maximum absolute atomic E-state index is 12.9. The number of nitrogens with zero attached hydrogens (tertiary/aromatic N) is 2. The minimum Gasteiger partial charge on any atom is -0.324 e. The molecule has 1 aromatic heterocycles. The molecular formula is C16H17BrF3N3O. The maximum Gasteiger partial charge on any atom is 0.436 e. The number of benzene rings is 1. The van der Waals surface area contributed by atoms with E-state index in [1.807, 2.05) is 19.9 Å². The predicted octanol–water partition coefficient (Wildman–Crippen LogP) is 4.79. The molecule has 0 aliphatic carbocycles. The van der Waals surface area contributed by atoms with Gasteiger partial charge < -0.3 is 5.32 Å². The molecule has 0 aliphatic rings. The smallest absolute Gasteiger partial charge is 0.324 e. The number of aryl methyl sites for hydroxylation is 1. The Bertz CT molecular complexity index is 784. The molecule has 4 nitrogen and oxygen atoms in total. The number of nitrogens with one attached hydrogen (secondary N) is 1. The van der Waals surface area contributed by atoms with Gasteiger partial charge in [0.2, 0.25) is 5.91 Å². The number of hydrogen-bond acceptors (Lipinski definition) is 2. The van der Waals surface area contributed by atoms with Crippen LogP contribution in [0.1, 0.15) is 35.5 Å². The fourth-order valence-corrected chi connectivity index (χ4v) is 2.78. The number of hydrogen-bond donors (Lipinski definition) is 1. The topological polar surface area (TPSA) is 46.9 Å². The van der Waals surface area contributed by atoms with Crippen molar-refractivity contribution in [3.05, 3.63) is 45.2 Å². The van der Waals surface area contributed by atoms with Crippen molar-refractivity contribution < 1.29 is 18.0 Å². The van der Waals surface area contributed by atoms with Crippen LogP contribution in [0.5, 0.6) is 0 Å². The lowest BCUT2D eigenvalue weighted by Gasteiger charge is -2.16. The van der Waals surface area contributed by atoms with Gasteiger partial charge in [0.05, 0.1) is 10.2 Å². The number of carbonyl (C=O) groups excluding carboxylic acids is 1. The Labute approximate surface area is 146 Å².